The van der Waals surface area contributed by atoms with Gasteiger partial charge in [0.2, 0.25) is 0 Å². The first-order valence-corrected chi connectivity index (χ1v) is 5.89. The van der Waals surface area contributed by atoms with Crippen molar-refractivity contribution in [2.24, 2.45) is 0 Å². The normalized spacial score (nSPS) is 14.4. The summed E-state index contributed by atoms with van der Waals surface area (Å²) in [5.74, 6) is 0. The molecule has 2 atom stereocenters. The molecule has 4 nitrogen and oxygen atoms in total. The van der Waals surface area contributed by atoms with Crippen LogP contribution in [0, 0.1) is 11.3 Å². The zero-order valence-corrected chi connectivity index (χ0v) is 10.3. The van der Waals surface area contributed by atoms with Crippen LogP contribution >= 0.6 is 0 Å². The lowest BCUT2D eigenvalue weighted by molar-refractivity contribution is 0.500. The summed E-state index contributed by atoms with van der Waals surface area (Å²) in [6.07, 6.45) is 5.80. The van der Waals surface area contributed by atoms with Crippen molar-refractivity contribution in [3.05, 3.63) is 18.0 Å². The van der Waals surface area contributed by atoms with Crippen LogP contribution in [0.25, 0.3) is 0 Å². The molecule has 1 heterocycles. The van der Waals surface area contributed by atoms with Gasteiger partial charge in [0.15, 0.2) is 0 Å². The van der Waals surface area contributed by atoms with Crippen LogP contribution in [0.3, 0.4) is 0 Å². The Bertz CT molecular complexity index is 350. The van der Waals surface area contributed by atoms with Gasteiger partial charge in [-0.1, -0.05) is 13.8 Å². The summed E-state index contributed by atoms with van der Waals surface area (Å²) in [6.45, 7) is 7.20. The number of nitriles is 1. The maximum absolute atomic E-state index is 9.11. The van der Waals surface area contributed by atoms with Crippen molar-refractivity contribution in [2.75, 3.05) is 0 Å². The topological polar surface area (TPSA) is 53.6 Å². The van der Waals surface area contributed by atoms with E-state index in [0.717, 1.165) is 24.9 Å². The molecule has 4 heteroatoms. The monoisotopic (exact) mass is 220 g/mol. The van der Waals surface area contributed by atoms with Crippen LogP contribution in [0.15, 0.2) is 12.4 Å². The van der Waals surface area contributed by atoms with Gasteiger partial charge in [0.05, 0.1) is 12.3 Å². The average Bonchev–Trinajstić information content (AvgIpc) is 2.74. The first kappa shape index (κ1) is 12.7. The molecule has 0 amide bonds. The highest BCUT2D eigenvalue weighted by Gasteiger charge is 2.14. The van der Waals surface area contributed by atoms with Gasteiger partial charge in [-0.15, -0.1) is 0 Å². The van der Waals surface area contributed by atoms with Gasteiger partial charge in [-0.05, 0) is 19.8 Å². The first-order valence-electron chi connectivity index (χ1n) is 5.89. The number of nitrogens with zero attached hydrogens (tertiary/aromatic N) is 3. The Hall–Kier alpha value is -1.34. The number of hydrogen-bond acceptors (Lipinski definition) is 3. The van der Waals surface area contributed by atoms with Gasteiger partial charge in [-0.2, -0.15) is 10.4 Å². The van der Waals surface area contributed by atoms with E-state index in [2.05, 4.69) is 37.3 Å². The van der Waals surface area contributed by atoms with Crippen molar-refractivity contribution in [3.8, 4) is 6.07 Å². The Morgan fingerprint density at radius 1 is 1.56 bits per heavy atom. The van der Waals surface area contributed by atoms with Gasteiger partial charge in [0, 0.05) is 24.3 Å². The maximum Gasteiger partial charge on any atom is 0.124 e. The van der Waals surface area contributed by atoms with Gasteiger partial charge in [-0.25, -0.2) is 0 Å². The molecule has 0 aliphatic rings. The summed E-state index contributed by atoms with van der Waals surface area (Å²) < 4.78 is 1.89. The summed E-state index contributed by atoms with van der Waals surface area (Å²) in [7, 11) is 0. The third kappa shape index (κ3) is 3.35. The highest BCUT2D eigenvalue weighted by Crippen LogP contribution is 2.12. The molecule has 0 saturated carbocycles. The quantitative estimate of drug-likeness (QED) is 0.800. The molecule has 0 saturated heterocycles. The van der Waals surface area contributed by atoms with E-state index in [1.54, 1.807) is 6.20 Å². The van der Waals surface area contributed by atoms with E-state index < -0.39 is 0 Å². The highest BCUT2D eigenvalue weighted by molar-refractivity contribution is 5.18. The summed E-state index contributed by atoms with van der Waals surface area (Å²) >= 11 is 0. The average molecular weight is 220 g/mol. The summed E-state index contributed by atoms with van der Waals surface area (Å²) in [5.41, 5.74) is 0.955. The van der Waals surface area contributed by atoms with Gasteiger partial charge < -0.3 is 0 Å². The zero-order valence-electron chi connectivity index (χ0n) is 10.3. The smallest absolute Gasteiger partial charge is 0.124 e. The van der Waals surface area contributed by atoms with Crippen molar-refractivity contribution in [3.63, 3.8) is 0 Å². The fourth-order valence-corrected chi connectivity index (χ4v) is 1.49. The number of nitrogens with one attached hydrogen (secondary N) is 1. The van der Waals surface area contributed by atoms with E-state index in [4.69, 9.17) is 5.26 Å². The first-order chi connectivity index (χ1) is 7.71. The van der Waals surface area contributed by atoms with Crippen molar-refractivity contribution < 1.29 is 0 Å². The maximum atomic E-state index is 9.11. The van der Waals surface area contributed by atoms with Crippen LogP contribution < -0.4 is 5.32 Å². The molecule has 88 valence electrons. The molecule has 16 heavy (non-hydrogen) atoms. The van der Waals surface area contributed by atoms with Crippen LogP contribution in [0.2, 0.25) is 0 Å². The SMILES string of the molecule is CCCn1cc(C(C#N)NC(C)CC)cn1. The van der Waals surface area contributed by atoms with E-state index in [1.165, 1.54) is 0 Å². The molecular weight excluding hydrogens is 200 g/mol. The second-order valence-corrected chi connectivity index (χ2v) is 4.07. The van der Waals surface area contributed by atoms with Crippen LogP contribution in [-0.2, 0) is 6.54 Å². The minimum Gasteiger partial charge on any atom is -0.296 e. The fraction of sp³-hybridized carbons (Fsp3) is 0.667. The van der Waals surface area contributed by atoms with E-state index in [9.17, 15) is 0 Å². The second-order valence-electron chi connectivity index (χ2n) is 4.07. The second kappa shape index (κ2) is 6.29. The minimum absolute atomic E-state index is 0.249. The molecule has 1 N–H and O–H groups in total. The third-order valence-electron chi connectivity index (χ3n) is 2.63. The van der Waals surface area contributed by atoms with Crippen LogP contribution in [0.5, 0.6) is 0 Å². The van der Waals surface area contributed by atoms with Crippen LogP contribution in [0.1, 0.15) is 45.2 Å². The van der Waals surface area contributed by atoms with Crippen molar-refractivity contribution >= 4 is 0 Å². The molecular formula is C12H20N4. The van der Waals surface area contributed by atoms with Crippen molar-refractivity contribution in [1.82, 2.24) is 15.1 Å². The summed E-state index contributed by atoms with van der Waals surface area (Å²) in [5, 5.41) is 16.6. The van der Waals surface area contributed by atoms with Gasteiger partial charge in [-0.3, -0.25) is 10.00 Å². The molecule has 0 aliphatic carbocycles. The predicted octanol–water partition coefficient (Wildman–Crippen LogP) is 2.25. The molecule has 0 bridgehead atoms. The molecule has 0 fully saturated rings. The zero-order chi connectivity index (χ0) is 12.0. The van der Waals surface area contributed by atoms with Gasteiger partial charge in [0.1, 0.15) is 6.04 Å². The Morgan fingerprint density at radius 3 is 2.88 bits per heavy atom. The fourth-order valence-electron chi connectivity index (χ4n) is 1.49. The summed E-state index contributed by atoms with van der Waals surface area (Å²) in [4.78, 5) is 0. The molecule has 0 aromatic carbocycles. The minimum atomic E-state index is -0.249. The van der Waals surface area contributed by atoms with E-state index in [-0.39, 0.29) is 6.04 Å². The van der Waals surface area contributed by atoms with Gasteiger partial charge in [0.25, 0.3) is 0 Å². The predicted molar refractivity (Wildman–Crippen MR) is 63.8 cm³/mol. The van der Waals surface area contributed by atoms with Crippen LogP contribution in [0.4, 0.5) is 0 Å². The molecule has 2 unspecified atom stereocenters. The van der Waals surface area contributed by atoms with E-state index >= 15 is 0 Å². The molecule has 1 aromatic rings. The molecule has 0 aliphatic heterocycles. The van der Waals surface area contributed by atoms with E-state index in [1.807, 2.05) is 10.9 Å². The Morgan fingerprint density at radius 2 is 2.31 bits per heavy atom. The largest absolute Gasteiger partial charge is 0.296 e. The Kier molecular flexibility index (Phi) is 5.00. The Balaban J connectivity index is 2.68. The van der Waals surface area contributed by atoms with Crippen LogP contribution in [-0.4, -0.2) is 15.8 Å². The van der Waals surface area contributed by atoms with Crippen molar-refractivity contribution in [2.45, 2.75) is 52.2 Å². The molecule has 0 spiro atoms. The van der Waals surface area contributed by atoms with Gasteiger partial charge >= 0.3 is 0 Å². The number of aromatic nitrogens is 2. The molecule has 0 radical (unpaired) electrons. The lowest BCUT2D eigenvalue weighted by atomic mass is 10.1. The number of aryl methyl sites for hydroxylation is 1. The molecule has 1 aromatic heterocycles. The van der Waals surface area contributed by atoms with E-state index in [0.29, 0.717) is 6.04 Å². The Labute approximate surface area is 97.3 Å². The highest BCUT2D eigenvalue weighted by atomic mass is 15.3. The number of rotatable bonds is 6. The molecule has 1 rings (SSSR count). The lowest BCUT2D eigenvalue weighted by Crippen LogP contribution is -2.28. The van der Waals surface area contributed by atoms with Crippen molar-refractivity contribution in [1.29, 1.82) is 5.26 Å². The standard InChI is InChI=1S/C12H20N4/c1-4-6-16-9-11(8-14-16)12(7-13)15-10(3)5-2/h8-10,12,15H,4-6H2,1-3H3. The number of hydrogen-bond donors (Lipinski definition) is 1. The lowest BCUT2D eigenvalue weighted by Gasteiger charge is -2.15. The summed E-state index contributed by atoms with van der Waals surface area (Å²) in [6, 6.07) is 2.37. The third-order valence-corrected chi connectivity index (χ3v) is 2.63.